The highest BCUT2D eigenvalue weighted by Crippen LogP contribution is 2.47. The van der Waals surface area contributed by atoms with E-state index in [1.54, 1.807) is 6.08 Å². The van der Waals surface area contributed by atoms with Crippen LogP contribution in [0.5, 0.6) is 0 Å². The minimum atomic E-state index is -0.0386. The molecule has 0 fully saturated rings. The zero-order chi connectivity index (χ0) is 42.0. The van der Waals surface area contributed by atoms with Gasteiger partial charge in [0.2, 0.25) is 0 Å². The Bertz CT molecular complexity index is 2480. The maximum Gasteiger partial charge on any atom is 0.160 e. The molecule has 0 unspecified atom stereocenters. The van der Waals surface area contributed by atoms with Crippen LogP contribution >= 0.6 is 0 Å². The molecule has 0 amide bonds. The summed E-state index contributed by atoms with van der Waals surface area (Å²) >= 11 is 0. The maximum atomic E-state index is 5.07. The van der Waals surface area contributed by atoms with E-state index in [4.69, 9.17) is 15.0 Å². The quantitative estimate of drug-likeness (QED) is 0.0938. The van der Waals surface area contributed by atoms with Crippen molar-refractivity contribution in [1.82, 2.24) is 9.97 Å². The van der Waals surface area contributed by atoms with Crippen LogP contribution in [0.1, 0.15) is 94.5 Å². The monoisotopic (exact) mass is 759 g/mol. The largest absolute Gasteiger partial charge is 0.253 e. The van der Waals surface area contributed by atoms with Crippen LogP contribution in [0.3, 0.4) is 0 Å². The molecule has 0 saturated heterocycles. The van der Waals surface area contributed by atoms with Gasteiger partial charge in [0.1, 0.15) is 0 Å². The fraction of sp³-hybridized carbons (Fsp3) is 0.182. The van der Waals surface area contributed by atoms with Crippen molar-refractivity contribution in [2.24, 2.45) is 4.99 Å². The van der Waals surface area contributed by atoms with Crippen molar-refractivity contribution >= 4 is 28.1 Å². The van der Waals surface area contributed by atoms with Crippen molar-refractivity contribution in [3.8, 4) is 22.6 Å². The van der Waals surface area contributed by atoms with Gasteiger partial charge < -0.3 is 0 Å². The SMILES string of the molecule is C=C/C=C\C(=C(C)C)c1nc(-c2ccc(C(=C)C)cc2)nc(-c2ccccc2)c1CC.C=CC1=C(/C=C\C)c2cc(C(C)=NC(=C)c3ccccc3)ccc2C1(C)C. The normalized spacial score (nSPS) is 13.2. The van der Waals surface area contributed by atoms with Gasteiger partial charge in [-0.25, -0.2) is 9.97 Å². The van der Waals surface area contributed by atoms with E-state index < -0.39 is 0 Å². The molecule has 0 atom stereocenters. The molecule has 1 heterocycles. The molecule has 0 aliphatic heterocycles. The van der Waals surface area contributed by atoms with Crippen molar-refractivity contribution in [3.63, 3.8) is 0 Å². The fourth-order valence-electron chi connectivity index (χ4n) is 7.39. The van der Waals surface area contributed by atoms with Crippen LogP contribution in [0, 0.1) is 0 Å². The summed E-state index contributed by atoms with van der Waals surface area (Å²) in [5.41, 5.74) is 18.7. The van der Waals surface area contributed by atoms with Crippen LogP contribution in [-0.4, -0.2) is 15.7 Å². The Morgan fingerprint density at radius 2 is 1.40 bits per heavy atom. The second kappa shape index (κ2) is 19.1. The van der Waals surface area contributed by atoms with Gasteiger partial charge in [0.05, 0.1) is 17.1 Å². The molecule has 0 bridgehead atoms. The number of hydrogen-bond donors (Lipinski definition) is 0. The van der Waals surface area contributed by atoms with Crippen LogP contribution in [0.4, 0.5) is 0 Å². The zero-order valence-electron chi connectivity index (χ0n) is 35.7. The van der Waals surface area contributed by atoms with Gasteiger partial charge in [-0.3, -0.25) is 4.99 Å². The summed E-state index contributed by atoms with van der Waals surface area (Å²) < 4.78 is 0. The Morgan fingerprint density at radius 1 is 0.759 bits per heavy atom. The number of fused-ring (bicyclic) bond motifs is 1. The lowest BCUT2D eigenvalue weighted by molar-refractivity contribution is 0.654. The number of allylic oxidation sites excluding steroid dienone is 11. The Balaban J connectivity index is 0.000000223. The van der Waals surface area contributed by atoms with Gasteiger partial charge in [-0.1, -0.05) is 192 Å². The van der Waals surface area contributed by atoms with E-state index in [2.05, 4.69) is 153 Å². The van der Waals surface area contributed by atoms with Crippen LogP contribution in [0.2, 0.25) is 0 Å². The van der Waals surface area contributed by atoms with Gasteiger partial charge in [-0.05, 0) is 91.6 Å². The third-order valence-electron chi connectivity index (χ3n) is 10.5. The molecule has 1 aromatic heterocycles. The van der Waals surface area contributed by atoms with Crippen molar-refractivity contribution in [1.29, 1.82) is 0 Å². The lowest BCUT2D eigenvalue weighted by atomic mass is 9.81. The Morgan fingerprint density at radius 3 is 1.97 bits per heavy atom. The second-order valence-corrected chi connectivity index (χ2v) is 15.2. The average Bonchev–Trinajstić information content (AvgIpc) is 3.45. The number of rotatable bonds is 12. The van der Waals surface area contributed by atoms with Gasteiger partial charge in [0.25, 0.3) is 0 Å². The minimum absolute atomic E-state index is 0.0386. The summed E-state index contributed by atoms with van der Waals surface area (Å²) in [6.45, 7) is 33.1. The van der Waals surface area contributed by atoms with E-state index >= 15 is 0 Å². The van der Waals surface area contributed by atoms with E-state index in [0.717, 1.165) is 79.6 Å². The third kappa shape index (κ3) is 9.39. The lowest BCUT2D eigenvalue weighted by Gasteiger charge is -2.22. The first-order valence-electron chi connectivity index (χ1n) is 20.0. The molecule has 0 saturated carbocycles. The Hall–Kier alpha value is -6.45. The predicted molar refractivity (Wildman–Crippen MR) is 254 cm³/mol. The number of nitrogens with zero attached hydrogens (tertiary/aromatic N) is 3. The predicted octanol–water partition coefficient (Wildman–Crippen LogP) is 14.9. The van der Waals surface area contributed by atoms with E-state index in [0.29, 0.717) is 0 Å². The van der Waals surface area contributed by atoms with Crippen molar-refractivity contribution in [2.45, 2.75) is 67.2 Å². The van der Waals surface area contributed by atoms with Gasteiger partial charge in [-0.15, -0.1) is 0 Å². The molecular weight excluding hydrogens is 703 g/mol. The fourth-order valence-corrected chi connectivity index (χ4v) is 7.39. The minimum Gasteiger partial charge on any atom is -0.253 e. The lowest BCUT2D eigenvalue weighted by Crippen LogP contribution is -2.16. The first-order chi connectivity index (χ1) is 27.9. The Kier molecular flexibility index (Phi) is 14.1. The molecule has 6 rings (SSSR count). The summed E-state index contributed by atoms with van der Waals surface area (Å²) in [7, 11) is 0. The number of aliphatic imine (C=N–C) groups is 1. The van der Waals surface area contributed by atoms with E-state index in [1.807, 2.05) is 62.4 Å². The molecule has 5 aromatic rings. The molecule has 0 N–H and O–H groups in total. The van der Waals surface area contributed by atoms with E-state index in [9.17, 15) is 0 Å². The van der Waals surface area contributed by atoms with Gasteiger partial charge >= 0.3 is 0 Å². The summed E-state index contributed by atoms with van der Waals surface area (Å²) in [6, 6.07) is 35.4. The van der Waals surface area contributed by atoms with Crippen LogP contribution < -0.4 is 0 Å². The zero-order valence-corrected chi connectivity index (χ0v) is 35.7. The van der Waals surface area contributed by atoms with Crippen molar-refractivity contribution in [2.75, 3.05) is 0 Å². The highest BCUT2D eigenvalue weighted by atomic mass is 14.9. The summed E-state index contributed by atoms with van der Waals surface area (Å²) in [4.78, 5) is 14.9. The number of hydrogen-bond acceptors (Lipinski definition) is 3. The van der Waals surface area contributed by atoms with Gasteiger partial charge in [0.15, 0.2) is 5.82 Å². The molecular formula is C55H57N3. The van der Waals surface area contributed by atoms with Crippen LogP contribution in [-0.2, 0) is 11.8 Å². The smallest absolute Gasteiger partial charge is 0.160 e. The van der Waals surface area contributed by atoms with Gasteiger partial charge in [-0.2, -0.15) is 0 Å². The molecule has 0 spiro atoms. The van der Waals surface area contributed by atoms with E-state index in [1.165, 1.54) is 27.8 Å². The number of aromatic nitrogens is 2. The second-order valence-electron chi connectivity index (χ2n) is 15.2. The first kappa shape index (κ1) is 42.7. The molecule has 58 heavy (non-hydrogen) atoms. The molecule has 3 heteroatoms. The summed E-state index contributed by atoms with van der Waals surface area (Å²) in [5.74, 6) is 0.727. The number of benzene rings is 4. The molecule has 292 valence electrons. The van der Waals surface area contributed by atoms with Crippen LogP contribution in [0.15, 0.2) is 182 Å². The van der Waals surface area contributed by atoms with Crippen LogP contribution in [0.25, 0.3) is 45.1 Å². The topological polar surface area (TPSA) is 38.1 Å². The molecule has 1 aliphatic rings. The third-order valence-corrected chi connectivity index (χ3v) is 10.5. The molecule has 4 aromatic carbocycles. The van der Waals surface area contributed by atoms with E-state index in [-0.39, 0.29) is 5.41 Å². The Labute approximate surface area is 347 Å². The first-order valence-corrected chi connectivity index (χ1v) is 20.0. The maximum absolute atomic E-state index is 5.07. The standard InChI is InChI=1S/C29H30N2.C26H27N/c1-7-9-15-26(21(5)6)28-25(8-2)27(23-13-11-10-12-14-23)30-29(31-28)24-18-16-22(17-19-24)20(3)4;1-7-12-22-23-17-21(15-16-25(23)26(5,6)24(22)8-2)19(4)27-18(3)20-13-10-9-11-14-20/h7,9-19H,1,3,8H2,2,4-6H3;7-17H,2-3H2,1,4-6H3/b15-9-;12-7-,27-19?. The van der Waals surface area contributed by atoms with Gasteiger partial charge in [0, 0.05) is 27.8 Å². The highest BCUT2D eigenvalue weighted by Gasteiger charge is 2.35. The average molecular weight is 760 g/mol. The highest BCUT2D eigenvalue weighted by molar-refractivity contribution is 6.03. The van der Waals surface area contributed by atoms with Crippen molar-refractivity contribution in [3.05, 3.63) is 216 Å². The molecule has 1 aliphatic carbocycles. The molecule has 0 radical (unpaired) electrons. The summed E-state index contributed by atoms with van der Waals surface area (Å²) in [5, 5.41) is 0. The van der Waals surface area contributed by atoms with Crippen molar-refractivity contribution < 1.29 is 0 Å². The molecule has 3 nitrogen and oxygen atoms in total. The summed E-state index contributed by atoms with van der Waals surface area (Å²) in [6.07, 6.45) is 13.0.